The minimum Gasteiger partial charge on any atom is -0.351 e. The summed E-state index contributed by atoms with van der Waals surface area (Å²) in [5, 5.41) is 6.53. The van der Waals surface area contributed by atoms with Crippen LogP contribution in [0.3, 0.4) is 0 Å². The van der Waals surface area contributed by atoms with Gasteiger partial charge in [0, 0.05) is 12.1 Å². The second-order valence-electron chi connectivity index (χ2n) is 10.3. The Balaban J connectivity index is 1.24. The summed E-state index contributed by atoms with van der Waals surface area (Å²) in [6.07, 6.45) is 8.87. The molecule has 0 aromatic rings. The van der Waals surface area contributed by atoms with Gasteiger partial charge in [-0.3, -0.25) is 9.59 Å². The van der Waals surface area contributed by atoms with Crippen LogP contribution >= 0.6 is 0 Å². The SMILES string of the molecule is CCCNC(=O)C[NH+]1CC[NH+]([C@H](C)C(=O)NC23CC4CC(CC(C4)C2)C3)CC1. The van der Waals surface area contributed by atoms with Crippen LogP contribution in [-0.4, -0.2) is 62.7 Å². The Morgan fingerprint density at radius 2 is 1.57 bits per heavy atom. The van der Waals surface area contributed by atoms with E-state index in [1.54, 1.807) is 0 Å². The molecule has 5 aliphatic rings. The van der Waals surface area contributed by atoms with E-state index in [4.69, 9.17) is 0 Å². The topological polar surface area (TPSA) is 67.1 Å². The van der Waals surface area contributed by atoms with E-state index < -0.39 is 0 Å². The Bertz CT molecular complexity index is 550. The van der Waals surface area contributed by atoms with Crippen LogP contribution in [0.4, 0.5) is 0 Å². The van der Waals surface area contributed by atoms with Gasteiger partial charge in [0.1, 0.15) is 26.2 Å². The minimum atomic E-state index is 0.0171. The normalized spacial score (nSPS) is 40.1. The summed E-state index contributed by atoms with van der Waals surface area (Å²) in [5.74, 6) is 3.01. The molecule has 1 heterocycles. The smallest absolute Gasteiger partial charge is 0.278 e. The van der Waals surface area contributed by atoms with Gasteiger partial charge in [0.15, 0.2) is 12.6 Å². The lowest BCUT2D eigenvalue weighted by Crippen LogP contribution is -3.30. The van der Waals surface area contributed by atoms with Crippen LogP contribution in [0.5, 0.6) is 0 Å². The van der Waals surface area contributed by atoms with Crippen molar-refractivity contribution in [3.63, 3.8) is 0 Å². The Morgan fingerprint density at radius 1 is 1.00 bits per heavy atom. The lowest BCUT2D eigenvalue weighted by atomic mass is 9.53. The number of nitrogens with one attached hydrogen (secondary N) is 4. The van der Waals surface area contributed by atoms with Crippen LogP contribution < -0.4 is 20.4 Å². The first kappa shape index (κ1) is 20.1. The van der Waals surface area contributed by atoms with Crippen LogP contribution in [0.1, 0.15) is 58.8 Å². The van der Waals surface area contributed by atoms with Crippen molar-refractivity contribution in [1.29, 1.82) is 0 Å². The Morgan fingerprint density at radius 3 is 2.11 bits per heavy atom. The summed E-state index contributed by atoms with van der Waals surface area (Å²) in [5.41, 5.74) is 0.115. The van der Waals surface area contributed by atoms with Gasteiger partial charge in [-0.2, -0.15) is 0 Å². The second-order valence-corrected chi connectivity index (χ2v) is 10.3. The van der Waals surface area contributed by atoms with E-state index in [2.05, 4.69) is 24.5 Å². The molecular weight excluding hydrogens is 352 g/mol. The monoisotopic (exact) mass is 392 g/mol. The van der Waals surface area contributed by atoms with E-state index in [-0.39, 0.29) is 23.4 Å². The standard InChI is InChI=1S/C22H38N4O2/c1-3-4-23-20(27)15-25-5-7-26(8-6-25)16(2)21(28)24-22-12-17-9-18(13-22)11-19(10-17)14-22/h16-19H,3-15H2,1-2H3,(H,23,27)(H,24,28)/p+2/t16-,17?,18?,19?,22?/m1/s1. The fourth-order valence-electron chi connectivity index (χ4n) is 6.91. The zero-order valence-corrected chi connectivity index (χ0v) is 17.8. The fourth-order valence-corrected chi connectivity index (χ4v) is 6.91. The first-order valence-electron chi connectivity index (χ1n) is 11.7. The zero-order valence-electron chi connectivity index (χ0n) is 17.8. The summed E-state index contributed by atoms with van der Waals surface area (Å²) >= 11 is 0. The van der Waals surface area contributed by atoms with Gasteiger partial charge in [-0.1, -0.05) is 6.92 Å². The minimum absolute atomic E-state index is 0.0171. The highest BCUT2D eigenvalue weighted by Crippen LogP contribution is 2.55. The number of quaternary nitrogens is 2. The maximum atomic E-state index is 13.1. The molecule has 0 spiro atoms. The molecule has 1 atom stereocenters. The first-order chi connectivity index (χ1) is 13.5. The molecule has 6 heteroatoms. The number of hydrogen-bond acceptors (Lipinski definition) is 2. The molecule has 6 nitrogen and oxygen atoms in total. The van der Waals surface area contributed by atoms with Crippen molar-refractivity contribution in [2.24, 2.45) is 17.8 Å². The fraction of sp³-hybridized carbons (Fsp3) is 0.909. The van der Waals surface area contributed by atoms with Crippen molar-refractivity contribution in [3.05, 3.63) is 0 Å². The molecule has 4 aliphatic carbocycles. The molecule has 158 valence electrons. The van der Waals surface area contributed by atoms with Crippen molar-refractivity contribution < 1.29 is 19.4 Å². The van der Waals surface area contributed by atoms with Gasteiger partial charge in [0.05, 0.1) is 0 Å². The number of piperazine rings is 1. The molecule has 1 saturated heterocycles. The number of carbonyl (C=O) groups is 2. The molecule has 2 amide bonds. The summed E-state index contributed by atoms with van der Waals surface area (Å²) < 4.78 is 0. The maximum Gasteiger partial charge on any atom is 0.278 e. The van der Waals surface area contributed by atoms with Crippen molar-refractivity contribution in [1.82, 2.24) is 10.6 Å². The molecule has 4 bridgehead atoms. The van der Waals surface area contributed by atoms with Crippen LogP contribution in [0.25, 0.3) is 0 Å². The number of amides is 2. The van der Waals surface area contributed by atoms with Gasteiger partial charge in [-0.25, -0.2) is 0 Å². The average Bonchev–Trinajstić information content (AvgIpc) is 2.65. The Kier molecular flexibility index (Phi) is 5.98. The van der Waals surface area contributed by atoms with Gasteiger partial charge in [0.2, 0.25) is 0 Å². The van der Waals surface area contributed by atoms with Crippen LogP contribution in [0, 0.1) is 17.8 Å². The molecule has 0 radical (unpaired) electrons. The average molecular weight is 393 g/mol. The van der Waals surface area contributed by atoms with Crippen LogP contribution in [0.2, 0.25) is 0 Å². The number of rotatable bonds is 7. The van der Waals surface area contributed by atoms with E-state index in [1.165, 1.54) is 48.3 Å². The highest BCUT2D eigenvalue weighted by atomic mass is 16.2. The van der Waals surface area contributed by atoms with E-state index in [9.17, 15) is 9.59 Å². The third-order valence-electron chi connectivity index (χ3n) is 8.01. The molecule has 0 aromatic heterocycles. The third kappa shape index (κ3) is 4.38. The maximum absolute atomic E-state index is 13.1. The predicted octanol–water partition coefficient (Wildman–Crippen LogP) is -1.23. The lowest BCUT2D eigenvalue weighted by molar-refractivity contribution is -1.01. The van der Waals surface area contributed by atoms with Crippen molar-refractivity contribution >= 4 is 11.8 Å². The van der Waals surface area contributed by atoms with Gasteiger partial charge < -0.3 is 20.4 Å². The molecule has 4 saturated carbocycles. The number of hydrogen-bond donors (Lipinski definition) is 4. The van der Waals surface area contributed by atoms with E-state index >= 15 is 0 Å². The molecule has 0 aromatic carbocycles. The van der Waals surface area contributed by atoms with E-state index in [0.717, 1.165) is 56.9 Å². The van der Waals surface area contributed by atoms with Gasteiger partial charge in [-0.05, 0) is 69.6 Å². The van der Waals surface area contributed by atoms with Crippen LogP contribution in [0.15, 0.2) is 0 Å². The van der Waals surface area contributed by atoms with Gasteiger partial charge in [-0.15, -0.1) is 0 Å². The van der Waals surface area contributed by atoms with Crippen LogP contribution in [-0.2, 0) is 9.59 Å². The Hall–Kier alpha value is -1.14. The quantitative estimate of drug-likeness (QED) is 0.438. The van der Waals surface area contributed by atoms with Gasteiger partial charge in [0.25, 0.3) is 11.8 Å². The van der Waals surface area contributed by atoms with E-state index in [0.29, 0.717) is 6.54 Å². The molecule has 5 rings (SSSR count). The number of carbonyl (C=O) groups excluding carboxylic acids is 2. The predicted molar refractivity (Wildman–Crippen MR) is 108 cm³/mol. The zero-order chi connectivity index (χ0) is 19.7. The van der Waals surface area contributed by atoms with E-state index in [1.807, 2.05) is 0 Å². The molecule has 0 unspecified atom stereocenters. The second kappa shape index (κ2) is 8.31. The summed E-state index contributed by atoms with van der Waals surface area (Å²) in [6, 6.07) is 0.0171. The Labute approximate surface area is 169 Å². The van der Waals surface area contributed by atoms with Crippen molar-refractivity contribution in [2.75, 3.05) is 39.3 Å². The molecule has 5 fully saturated rings. The summed E-state index contributed by atoms with van der Waals surface area (Å²) in [6.45, 7) is 9.42. The molecule has 28 heavy (non-hydrogen) atoms. The summed E-state index contributed by atoms with van der Waals surface area (Å²) in [4.78, 5) is 27.8. The highest BCUT2D eigenvalue weighted by molar-refractivity contribution is 5.80. The highest BCUT2D eigenvalue weighted by Gasteiger charge is 2.52. The largest absolute Gasteiger partial charge is 0.351 e. The molecule has 4 N–H and O–H groups in total. The van der Waals surface area contributed by atoms with Crippen molar-refractivity contribution in [3.8, 4) is 0 Å². The van der Waals surface area contributed by atoms with Gasteiger partial charge >= 0.3 is 0 Å². The first-order valence-corrected chi connectivity index (χ1v) is 11.7. The van der Waals surface area contributed by atoms with Crippen molar-refractivity contribution in [2.45, 2.75) is 70.4 Å². The molecule has 1 aliphatic heterocycles. The lowest BCUT2D eigenvalue weighted by Gasteiger charge is -2.57. The molecular formula is C22H40N4O2+2. The summed E-state index contributed by atoms with van der Waals surface area (Å²) in [7, 11) is 0. The third-order valence-corrected chi connectivity index (χ3v) is 8.01.